The summed E-state index contributed by atoms with van der Waals surface area (Å²) in [5, 5.41) is 0. The van der Waals surface area contributed by atoms with Crippen LogP contribution in [-0.4, -0.2) is 11.6 Å². The highest BCUT2D eigenvalue weighted by atomic mass is 16.1. The Bertz CT molecular complexity index is 563. The van der Waals surface area contributed by atoms with Gasteiger partial charge in [-0.15, -0.1) is 0 Å². The third kappa shape index (κ3) is 1.41. The molecule has 17 heavy (non-hydrogen) atoms. The number of hydrogen-bond donors (Lipinski definition) is 0. The first-order chi connectivity index (χ1) is 8.29. The standard InChI is InChI=1S/C15H10O2/c16-14-10-6-2-1-3-7-11(10)15(17)13-9-5-4-8-12(13)14/h2-9H,1H2. The van der Waals surface area contributed by atoms with E-state index < -0.39 is 0 Å². The molecular formula is C15H10O2. The molecule has 0 radical (unpaired) electrons. The Labute approximate surface area is 99.0 Å². The van der Waals surface area contributed by atoms with Crippen LogP contribution < -0.4 is 0 Å². The fraction of sp³-hybridized carbons (Fsp3) is 0.0667. The number of fused-ring (bicyclic) bond motifs is 1. The van der Waals surface area contributed by atoms with Crippen molar-refractivity contribution < 1.29 is 9.59 Å². The molecule has 0 unspecified atom stereocenters. The van der Waals surface area contributed by atoms with Crippen LogP contribution in [0, 0.1) is 0 Å². The fourth-order valence-electron chi connectivity index (χ4n) is 2.20. The zero-order valence-corrected chi connectivity index (χ0v) is 9.14. The lowest BCUT2D eigenvalue weighted by Gasteiger charge is -2.16. The summed E-state index contributed by atoms with van der Waals surface area (Å²) in [6.07, 6.45) is 8.07. The molecule has 0 saturated carbocycles. The number of rotatable bonds is 0. The van der Waals surface area contributed by atoms with E-state index >= 15 is 0 Å². The molecule has 1 aromatic carbocycles. The topological polar surface area (TPSA) is 34.1 Å². The van der Waals surface area contributed by atoms with Gasteiger partial charge in [0.15, 0.2) is 11.6 Å². The van der Waals surface area contributed by atoms with E-state index in [9.17, 15) is 9.59 Å². The molecule has 0 bridgehead atoms. The van der Waals surface area contributed by atoms with E-state index in [1.807, 2.05) is 12.2 Å². The predicted molar refractivity (Wildman–Crippen MR) is 65.0 cm³/mol. The van der Waals surface area contributed by atoms with Crippen molar-refractivity contribution in [3.05, 3.63) is 70.8 Å². The lowest BCUT2D eigenvalue weighted by Crippen LogP contribution is -2.20. The summed E-state index contributed by atoms with van der Waals surface area (Å²) < 4.78 is 0. The lowest BCUT2D eigenvalue weighted by atomic mass is 9.84. The molecule has 0 aliphatic heterocycles. The zero-order valence-electron chi connectivity index (χ0n) is 9.14. The van der Waals surface area contributed by atoms with Gasteiger partial charge in [-0.1, -0.05) is 48.6 Å². The van der Waals surface area contributed by atoms with E-state index in [-0.39, 0.29) is 11.6 Å². The smallest absolute Gasteiger partial charge is 0.194 e. The first-order valence-electron chi connectivity index (χ1n) is 5.55. The highest BCUT2D eigenvalue weighted by Gasteiger charge is 2.29. The Morgan fingerprint density at radius 3 is 1.71 bits per heavy atom. The molecule has 0 amide bonds. The second-order valence-electron chi connectivity index (χ2n) is 4.07. The van der Waals surface area contributed by atoms with Gasteiger partial charge >= 0.3 is 0 Å². The summed E-state index contributed by atoms with van der Waals surface area (Å²) >= 11 is 0. The van der Waals surface area contributed by atoms with Crippen molar-refractivity contribution in [2.45, 2.75) is 6.42 Å². The number of hydrogen-bond acceptors (Lipinski definition) is 2. The minimum atomic E-state index is -0.0574. The van der Waals surface area contributed by atoms with Gasteiger partial charge < -0.3 is 0 Å². The largest absolute Gasteiger partial charge is 0.289 e. The van der Waals surface area contributed by atoms with Crippen LogP contribution in [0.4, 0.5) is 0 Å². The maximum Gasteiger partial charge on any atom is 0.194 e. The third-order valence-electron chi connectivity index (χ3n) is 3.04. The second kappa shape index (κ2) is 3.67. The summed E-state index contributed by atoms with van der Waals surface area (Å²) in [6, 6.07) is 6.99. The average molecular weight is 222 g/mol. The first-order valence-corrected chi connectivity index (χ1v) is 5.55. The van der Waals surface area contributed by atoms with E-state index in [4.69, 9.17) is 0 Å². The average Bonchev–Trinajstić information content (AvgIpc) is 2.62. The number of Topliss-reactive ketones (excluding diaryl/α,β-unsaturated/α-hetero) is 2. The molecular weight excluding hydrogens is 212 g/mol. The second-order valence-corrected chi connectivity index (χ2v) is 4.07. The molecule has 0 atom stereocenters. The Morgan fingerprint density at radius 1 is 0.765 bits per heavy atom. The van der Waals surface area contributed by atoms with Crippen molar-refractivity contribution in [3.63, 3.8) is 0 Å². The molecule has 0 fully saturated rings. The van der Waals surface area contributed by atoms with Crippen molar-refractivity contribution >= 4 is 11.6 Å². The Balaban J connectivity index is 2.29. The van der Waals surface area contributed by atoms with E-state index in [0.717, 1.165) is 6.42 Å². The van der Waals surface area contributed by atoms with Crippen molar-refractivity contribution in [1.82, 2.24) is 0 Å². The van der Waals surface area contributed by atoms with Gasteiger partial charge in [0.2, 0.25) is 0 Å². The van der Waals surface area contributed by atoms with E-state index in [1.165, 1.54) is 0 Å². The summed E-state index contributed by atoms with van der Waals surface area (Å²) in [5.74, 6) is -0.115. The van der Waals surface area contributed by atoms with Crippen LogP contribution >= 0.6 is 0 Å². The maximum absolute atomic E-state index is 12.3. The molecule has 2 aliphatic rings. The monoisotopic (exact) mass is 222 g/mol. The molecule has 0 saturated heterocycles. The Kier molecular flexibility index (Phi) is 2.15. The molecule has 2 heteroatoms. The van der Waals surface area contributed by atoms with Gasteiger partial charge in [0, 0.05) is 22.3 Å². The zero-order chi connectivity index (χ0) is 11.8. The maximum atomic E-state index is 12.3. The van der Waals surface area contributed by atoms with Crippen molar-refractivity contribution in [2.24, 2.45) is 0 Å². The molecule has 82 valence electrons. The van der Waals surface area contributed by atoms with Crippen molar-refractivity contribution in [2.75, 3.05) is 0 Å². The Morgan fingerprint density at radius 2 is 1.24 bits per heavy atom. The molecule has 0 aromatic heterocycles. The van der Waals surface area contributed by atoms with Gasteiger partial charge in [-0.2, -0.15) is 0 Å². The number of allylic oxidation sites excluding steroid dienone is 6. The molecule has 1 aromatic rings. The number of carbonyl (C=O) groups excluding carboxylic acids is 2. The van der Waals surface area contributed by atoms with Crippen LogP contribution in [-0.2, 0) is 0 Å². The fourth-order valence-corrected chi connectivity index (χ4v) is 2.20. The van der Waals surface area contributed by atoms with E-state index in [1.54, 1.807) is 36.4 Å². The van der Waals surface area contributed by atoms with Gasteiger partial charge in [-0.3, -0.25) is 9.59 Å². The normalized spacial score (nSPS) is 17.9. The minimum absolute atomic E-state index is 0.0574. The molecule has 2 nitrogen and oxygen atoms in total. The summed E-state index contributed by atoms with van der Waals surface area (Å²) in [4.78, 5) is 24.5. The first kappa shape index (κ1) is 9.97. The SMILES string of the molecule is O=C1C2=C(C=CCC=C2)C(=O)c2ccccc21. The van der Waals surface area contributed by atoms with Gasteiger partial charge in [0.1, 0.15) is 0 Å². The summed E-state index contributed by atoms with van der Waals surface area (Å²) in [6.45, 7) is 0. The third-order valence-corrected chi connectivity index (χ3v) is 3.04. The summed E-state index contributed by atoms with van der Waals surface area (Å²) in [7, 11) is 0. The van der Waals surface area contributed by atoms with Gasteiger partial charge in [0.05, 0.1) is 0 Å². The molecule has 0 heterocycles. The highest BCUT2D eigenvalue weighted by molar-refractivity contribution is 6.28. The van der Waals surface area contributed by atoms with Crippen LogP contribution in [0.3, 0.4) is 0 Å². The number of benzene rings is 1. The van der Waals surface area contributed by atoms with Crippen molar-refractivity contribution in [1.29, 1.82) is 0 Å². The minimum Gasteiger partial charge on any atom is -0.289 e. The van der Waals surface area contributed by atoms with Crippen molar-refractivity contribution in [3.8, 4) is 0 Å². The van der Waals surface area contributed by atoms with Crippen LogP contribution in [0.2, 0.25) is 0 Å². The van der Waals surface area contributed by atoms with Gasteiger partial charge in [-0.25, -0.2) is 0 Å². The Hall–Kier alpha value is -2.22. The molecule has 2 aliphatic carbocycles. The molecule has 0 N–H and O–H groups in total. The van der Waals surface area contributed by atoms with Crippen LogP contribution in [0.25, 0.3) is 0 Å². The van der Waals surface area contributed by atoms with Gasteiger partial charge in [-0.05, 0) is 6.42 Å². The lowest BCUT2D eigenvalue weighted by molar-refractivity contribution is 0.0980. The van der Waals surface area contributed by atoms with Crippen LogP contribution in [0.5, 0.6) is 0 Å². The quantitative estimate of drug-likeness (QED) is 0.676. The van der Waals surface area contributed by atoms with E-state index in [2.05, 4.69) is 0 Å². The van der Waals surface area contributed by atoms with E-state index in [0.29, 0.717) is 22.3 Å². The number of ketones is 2. The van der Waals surface area contributed by atoms with Crippen LogP contribution in [0.15, 0.2) is 59.7 Å². The predicted octanol–water partition coefficient (Wildman–Crippen LogP) is 2.88. The molecule has 0 spiro atoms. The van der Waals surface area contributed by atoms with Crippen LogP contribution in [0.1, 0.15) is 27.1 Å². The summed E-state index contributed by atoms with van der Waals surface area (Å²) in [5.41, 5.74) is 2.05. The van der Waals surface area contributed by atoms with Gasteiger partial charge in [0.25, 0.3) is 0 Å². The number of carbonyl (C=O) groups is 2. The molecule has 3 rings (SSSR count). The highest BCUT2D eigenvalue weighted by Crippen LogP contribution is 2.28.